The van der Waals surface area contributed by atoms with Crippen molar-refractivity contribution in [1.82, 2.24) is 0 Å². The first-order valence-electron chi connectivity index (χ1n) is 27.7. The molecule has 2 aliphatic carbocycles. The van der Waals surface area contributed by atoms with Gasteiger partial charge in [-0.25, -0.2) is 0 Å². The molecule has 1 saturated carbocycles. The van der Waals surface area contributed by atoms with Crippen LogP contribution in [0.25, 0.3) is 22.3 Å². The van der Waals surface area contributed by atoms with Gasteiger partial charge in [-0.15, -0.1) is 0 Å². The van der Waals surface area contributed by atoms with E-state index in [-0.39, 0.29) is 33.9 Å². The summed E-state index contributed by atoms with van der Waals surface area (Å²) in [7, 11) is 0. The Bertz CT molecular complexity index is 3710. The van der Waals surface area contributed by atoms with E-state index in [9.17, 15) is 0 Å². The summed E-state index contributed by atoms with van der Waals surface area (Å²) in [5.74, 6) is 0. The monoisotopic (exact) mass is 964 g/mol. The molecule has 1 fully saturated rings. The fraction of sp³-hybridized carbons (Fsp3) is 0.314. The van der Waals surface area contributed by atoms with E-state index in [4.69, 9.17) is 0 Å². The normalized spacial score (nSPS) is 21.6. The Labute approximate surface area is 441 Å². The van der Waals surface area contributed by atoms with Gasteiger partial charge >= 0.3 is 0 Å². The number of hydrogen-bond donors (Lipinski definition) is 0. The maximum absolute atomic E-state index is 2.82. The lowest BCUT2D eigenvalue weighted by atomic mass is 9.28. The van der Waals surface area contributed by atoms with Gasteiger partial charge in [-0.2, -0.15) is 0 Å². The highest BCUT2D eigenvalue weighted by Crippen LogP contribution is 2.63. The zero-order valence-electron chi connectivity index (χ0n) is 45.8. The summed E-state index contributed by atoms with van der Waals surface area (Å²) < 4.78 is 0. The second-order valence-corrected chi connectivity index (χ2v) is 26.6. The minimum atomic E-state index is -0.393. The molecule has 0 N–H and O–H groups in total. The number of anilines is 8. The minimum absolute atomic E-state index is 0.00223. The molecule has 74 heavy (non-hydrogen) atoms. The first-order chi connectivity index (χ1) is 35.2. The standard InChI is InChI=1S/C70H70BN3/c1-65(2,3)44-25-22-26-47(37-44)72-58-40-46(67(7,8)9)39-54-62(58)71-63-59(72)41-48(74-56-30-19-18-29-53(56)68(10)35-20-21-36-69(68,74)11)42-60(63)73(55-33-31-45(66(4,5)6)38-51(55)43-23-14-13-15-24-43)57-34-32-50-49-27-16-17-28-52(49)70(54,12)61(50)64(57)71/h13-19,22-34,37-42H,20-21,35-36H2,1-12H3. The lowest BCUT2D eigenvalue weighted by Gasteiger charge is -2.53. The fourth-order valence-corrected chi connectivity index (χ4v) is 15.3. The first kappa shape index (κ1) is 45.8. The van der Waals surface area contributed by atoms with Crippen LogP contribution in [-0.4, -0.2) is 12.3 Å². The molecule has 3 unspecified atom stereocenters. The topological polar surface area (TPSA) is 9.72 Å². The number of benzene rings is 8. The highest BCUT2D eigenvalue weighted by molar-refractivity contribution is 7.01. The maximum Gasteiger partial charge on any atom is 0.253 e. The molecule has 6 aliphatic rings. The van der Waals surface area contributed by atoms with Gasteiger partial charge in [-0.05, 0) is 170 Å². The van der Waals surface area contributed by atoms with Crippen LogP contribution < -0.4 is 31.1 Å². The molecule has 0 amide bonds. The Balaban J connectivity index is 1.18. The van der Waals surface area contributed by atoms with Gasteiger partial charge in [0, 0.05) is 56.2 Å². The van der Waals surface area contributed by atoms with Crippen LogP contribution in [0, 0.1) is 0 Å². The Morgan fingerprint density at radius 3 is 1.78 bits per heavy atom. The molecule has 0 aromatic heterocycles. The van der Waals surface area contributed by atoms with Gasteiger partial charge in [0.1, 0.15) is 0 Å². The van der Waals surface area contributed by atoms with Gasteiger partial charge in [0.15, 0.2) is 0 Å². The zero-order chi connectivity index (χ0) is 51.2. The highest BCUT2D eigenvalue weighted by atomic mass is 15.3. The maximum atomic E-state index is 2.82. The van der Waals surface area contributed by atoms with Crippen LogP contribution in [0.4, 0.5) is 45.5 Å². The molecule has 0 spiro atoms. The van der Waals surface area contributed by atoms with E-state index in [1.54, 1.807) is 0 Å². The van der Waals surface area contributed by atoms with E-state index < -0.39 is 5.41 Å². The van der Waals surface area contributed by atoms with Crippen LogP contribution in [0.3, 0.4) is 0 Å². The molecule has 14 rings (SSSR count). The van der Waals surface area contributed by atoms with E-state index in [0.717, 1.165) is 6.42 Å². The number of nitrogens with zero attached hydrogens (tertiary/aromatic N) is 3. The summed E-state index contributed by atoms with van der Waals surface area (Å²) >= 11 is 0. The van der Waals surface area contributed by atoms with Gasteiger partial charge in [-0.3, -0.25) is 0 Å². The average Bonchev–Trinajstić information content (AvgIpc) is 3.86. The molecule has 0 bridgehead atoms. The highest BCUT2D eigenvalue weighted by Gasteiger charge is 2.60. The second-order valence-electron chi connectivity index (χ2n) is 26.6. The van der Waals surface area contributed by atoms with Crippen molar-refractivity contribution in [2.75, 3.05) is 14.7 Å². The molecule has 3 atom stereocenters. The van der Waals surface area contributed by atoms with Crippen molar-refractivity contribution in [3.63, 3.8) is 0 Å². The SMILES string of the molecule is CC(C)(C)c1cccc(N2c3cc(N4c5ccccc5C5(C)CCCCC45C)cc4c3B3c5c2cc(C(C)(C)C)cc5C2(C)c5ccccc5-c5ccc(c3c52)N4c2ccc(C(C)(C)C)cc2-c2ccccc2)c1. The predicted molar refractivity (Wildman–Crippen MR) is 316 cm³/mol. The first-order valence-corrected chi connectivity index (χ1v) is 27.7. The molecule has 3 nitrogen and oxygen atoms in total. The molecule has 8 aromatic rings. The minimum Gasteiger partial charge on any atom is -0.334 e. The third kappa shape index (κ3) is 5.92. The van der Waals surface area contributed by atoms with E-state index in [0.29, 0.717) is 0 Å². The van der Waals surface area contributed by atoms with Crippen LogP contribution in [0.15, 0.2) is 158 Å². The van der Waals surface area contributed by atoms with Crippen LogP contribution in [0.5, 0.6) is 0 Å². The van der Waals surface area contributed by atoms with Crippen molar-refractivity contribution in [3.8, 4) is 22.3 Å². The lowest BCUT2D eigenvalue weighted by Crippen LogP contribution is -2.67. The third-order valence-electron chi connectivity index (χ3n) is 19.4. The number of para-hydroxylation sites is 1. The van der Waals surface area contributed by atoms with Gasteiger partial charge in [-0.1, -0.05) is 185 Å². The average molecular weight is 964 g/mol. The van der Waals surface area contributed by atoms with Crippen LogP contribution >= 0.6 is 0 Å². The van der Waals surface area contributed by atoms with E-state index in [2.05, 4.69) is 256 Å². The largest absolute Gasteiger partial charge is 0.334 e. The molecular weight excluding hydrogens is 894 g/mol. The van der Waals surface area contributed by atoms with Gasteiger partial charge in [0.25, 0.3) is 6.71 Å². The van der Waals surface area contributed by atoms with Crippen LogP contribution in [0.2, 0.25) is 0 Å². The quantitative estimate of drug-likeness (QED) is 0.163. The van der Waals surface area contributed by atoms with Gasteiger partial charge < -0.3 is 14.7 Å². The summed E-state index contributed by atoms with van der Waals surface area (Å²) in [6.45, 7) is 29.1. The Morgan fingerprint density at radius 1 is 0.405 bits per heavy atom. The molecule has 0 saturated heterocycles. The summed E-state index contributed by atoms with van der Waals surface area (Å²) in [5, 5.41) is 0. The molecule has 4 heterocycles. The Hall–Kier alpha value is -6.78. The predicted octanol–water partition coefficient (Wildman–Crippen LogP) is 16.7. The zero-order valence-corrected chi connectivity index (χ0v) is 45.8. The molecule has 0 radical (unpaired) electrons. The second kappa shape index (κ2) is 15.0. The molecule has 4 aliphatic heterocycles. The van der Waals surface area contributed by atoms with Gasteiger partial charge in [0.05, 0.1) is 11.2 Å². The van der Waals surface area contributed by atoms with Gasteiger partial charge in [0.2, 0.25) is 0 Å². The van der Waals surface area contributed by atoms with E-state index in [1.165, 1.54) is 142 Å². The fourth-order valence-electron chi connectivity index (χ4n) is 15.3. The van der Waals surface area contributed by atoms with Crippen molar-refractivity contribution in [2.45, 2.75) is 141 Å². The summed E-state index contributed by atoms with van der Waals surface area (Å²) in [5.41, 5.74) is 28.9. The Kier molecular flexibility index (Phi) is 9.26. The molecular formula is C70H70BN3. The van der Waals surface area contributed by atoms with Crippen molar-refractivity contribution in [2.24, 2.45) is 0 Å². The third-order valence-corrected chi connectivity index (χ3v) is 19.4. The summed E-state index contributed by atoms with van der Waals surface area (Å²) in [4.78, 5) is 8.29. The van der Waals surface area contributed by atoms with Crippen molar-refractivity contribution in [1.29, 1.82) is 0 Å². The molecule has 8 aromatic carbocycles. The number of rotatable bonds is 4. The van der Waals surface area contributed by atoms with Crippen LogP contribution in [0.1, 0.15) is 148 Å². The van der Waals surface area contributed by atoms with Crippen molar-refractivity contribution < 1.29 is 0 Å². The smallest absolute Gasteiger partial charge is 0.253 e. The van der Waals surface area contributed by atoms with Crippen LogP contribution in [-0.2, 0) is 27.1 Å². The lowest BCUT2D eigenvalue weighted by molar-refractivity contribution is 0.195. The summed E-state index contributed by atoms with van der Waals surface area (Å²) in [6.07, 6.45) is 4.79. The summed E-state index contributed by atoms with van der Waals surface area (Å²) in [6, 6.07) is 62.4. The molecule has 368 valence electrons. The van der Waals surface area contributed by atoms with E-state index in [1.807, 2.05) is 0 Å². The van der Waals surface area contributed by atoms with Crippen molar-refractivity contribution >= 4 is 68.6 Å². The molecule has 4 heteroatoms. The van der Waals surface area contributed by atoms with E-state index >= 15 is 0 Å². The Morgan fingerprint density at radius 2 is 1.04 bits per heavy atom. The number of fused-ring (bicyclic) bond motifs is 7. The van der Waals surface area contributed by atoms with Crippen molar-refractivity contribution in [3.05, 3.63) is 197 Å². The number of hydrogen-bond acceptors (Lipinski definition) is 3.